The Labute approximate surface area is 62.8 Å². The van der Waals surface area contributed by atoms with Crippen LogP contribution in [-0.4, -0.2) is 12.9 Å². The van der Waals surface area contributed by atoms with Gasteiger partial charge in [-0.15, -0.1) is 0 Å². The van der Waals surface area contributed by atoms with Gasteiger partial charge in [0.2, 0.25) is 0 Å². The molecule has 0 bridgehead atoms. The highest BCUT2D eigenvalue weighted by molar-refractivity contribution is 4.49. The van der Waals surface area contributed by atoms with E-state index in [1.165, 1.54) is 6.26 Å². The largest absolute Gasteiger partial charge is 0.473 e. The van der Waals surface area contributed by atoms with Crippen LogP contribution in [0.15, 0.2) is 12.8 Å². The van der Waals surface area contributed by atoms with E-state index in [2.05, 4.69) is 13.5 Å². The maximum atomic E-state index is 5.23. The summed E-state index contributed by atoms with van der Waals surface area (Å²) in [5, 5.41) is 0. The second kappa shape index (κ2) is 6.62. The van der Waals surface area contributed by atoms with Crippen molar-refractivity contribution in [1.82, 2.24) is 0 Å². The molecule has 1 atom stereocenters. The second-order valence-electron chi connectivity index (χ2n) is 2.09. The Morgan fingerprint density at radius 1 is 1.60 bits per heavy atom. The Hall–Kier alpha value is -0.500. The van der Waals surface area contributed by atoms with Gasteiger partial charge < -0.3 is 9.47 Å². The molecule has 0 aliphatic carbocycles. The quantitative estimate of drug-likeness (QED) is 0.323. The Balaban J connectivity index is 3.04. The van der Waals surface area contributed by atoms with Crippen molar-refractivity contribution in [2.24, 2.45) is 0 Å². The van der Waals surface area contributed by atoms with Crippen molar-refractivity contribution in [1.29, 1.82) is 0 Å². The fraction of sp³-hybridized carbons (Fsp3) is 0.750. The van der Waals surface area contributed by atoms with E-state index in [9.17, 15) is 0 Å². The van der Waals surface area contributed by atoms with Gasteiger partial charge in [-0.1, -0.05) is 19.9 Å². The first-order valence-electron chi connectivity index (χ1n) is 3.69. The summed E-state index contributed by atoms with van der Waals surface area (Å²) in [7, 11) is 0. The molecular weight excluding hydrogens is 128 g/mol. The summed E-state index contributed by atoms with van der Waals surface area (Å²) in [6, 6.07) is 0. The molecule has 10 heavy (non-hydrogen) atoms. The van der Waals surface area contributed by atoms with E-state index in [0.29, 0.717) is 0 Å². The first-order valence-corrected chi connectivity index (χ1v) is 3.69. The Kier molecular flexibility index (Phi) is 6.29. The predicted molar refractivity (Wildman–Crippen MR) is 41.6 cm³/mol. The van der Waals surface area contributed by atoms with Crippen LogP contribution in [0.1, 0.15) is 26.7 Å². The molecule has 0 radical (unpaired) electrons. The van der Waals surface area contributed by atoms with Gasteiger partial charge in [0.05, 0.1) is 12.9 Å². The zero-order valence-corrected chi connectivity index (χ0v) is 6.80. The maximum Gasteiger partial charge on any atom is 0.196 e. The van der Waals surface area contributed by atoms with Gasteiger partial charge in [0, 0.05) is 0 Å². The molecule has 0 saturated carbocycles. The summed E-state index contributed by atoms with van der Waals surface area (Å²) in [5.74, 6) is 0. The number of unbranched alkanes of at least 4 members (excludes halogenated alkanes) is 1. The van der Waals surface area contributed by atoms with Gasteiger partial charge in [-0.2, -0.15) is 0 Å². The normalized spacial score (nSPS) is 12.6. The second-order valence-corrected chi connectivity index (χ2v) is 2.09. The number of hydrogen-bond acceptors (Lipinski definition) is 2. The van der Waals surface area contributed by atoms with Gasteiger partial charge in [0.25, 0.3) is 0 Å². The third kappa shape index (κ3) is 5.63. The van der Waals surface area contributed by atoms with Crippen LogP contribution >= 0.6 is 0 Å². The highest BCUT2D eigenvalue weighted by Crippen LogP contribution is 1.96. The maximum absolute atomic E-state index is 5.23. The lowest BCUT2D eigenvalue weighted by molar-refractivity contribution is -0.0930. The van der Waals surface area contributed by atoms with E-state index in [0.717, 1.165) is 19.4 Å². The number of hydrogen-bond donors (Lipinski definition) is 0. The van der Waals surface area contributed by atoms with Gasteiger partial charge >= 0.3 is 0 Å². The molecule has 0 heterocycles. The highest BCUT2D eigenvalue weighted by atomic mass is 16.7. The van der Waals surface area contributed by atoms with Crippen LogP contribution in [0.5, 0.6) is 0 Å². The van der Waals surface area contributed by atoms with Gasteiger partial charge in [-0.05, 0) is 13.3 Å². The average Bonchev–Trinajstić information content (AvgIpc) is 1.89. The first-order chi connectivity index (χ1) is 4.81. The molecule has 0 aromatic heterocycles. The van der Waals surface area contributed by atoms with Crippen LogP contribution < -0.4 is 0 Å². The highest BCUT2D eigenvalue weighted by Gasteiger charge is 1.96. The Morgan fingerprint density at radius 3 is 2.80 bits per heavy atom. The van der Waals surface area contributed by atoms with Crippen molar-refractivity contribution in [2.45, 2.75) is 33.0 Å². The average molecular weight is 144 g/mol. The van der Waals surface area contributed by atoms with E-state index in [-0.39, 0.29) is 6.29 Å². The van der Waals surface area contributed by atoms with Crippen molar-refractivity contribution < 1.29 is 9.47 Å². The number of rotatable bonds is 6. The predicted octanol–water partition coefficient (Wildman–Crippen LogP) is 2.31. The zero-order valence-electron chi connectivity index (χ0n) is 6.80. The zero-order chi connectivity index (χ0) is 7.82. The summed E-state index contributed by atoms with van der Waals surface area (Å²) >= 11 is 0. The molecule has 0 N–H and O–H groups in total. The van der Waals surface area contributed by atoms with Crippen molar-refractivity contribution in [3.05, 3.63) is 12.8 Å². The minimum Gasteiger partial charge on any atom is -0.473 e. The van der Waals surface area contributed by atoms with Gasteiger partial charge in [0.1, 0.15) is 0 Å². The van der Waals surface area contributed by atoms with E-state index in [1.807, 2.05) is 6.92 Å². The lowest BCUT2D eigenvalue weighted by atomic mass is 10.4. The fourth-order valence-electron chi connectivity index (χ4n) is 0.568. The lowest BCUT2D eigenvalue weighted by Crippen LogP contribution is -2.10. The molecule has 0 spiro atoms. The standard InChI is InChI=1S/C8H16O2/c1-4-6-7-10-8(3)9-5-2/h5,8H,2,4,6-7H2,1,3H3. The summed E-state index contributed by atoms with van der Waals surface area (Å²) in [6.07, 6.45) is 3.49. The monoisotopic (exact) mass is 144 g/mol. The molecule has 0 aromatic rings. The molecular formula is C8H16O2. The van der Waals surface area contributed by atoms with Crippen LogP contribution in [-0.2, 0) is 9.47 Å². The molecule has 2 heteroatoms. The van der Waals surface area contributed by atoms with E-state index in [4.69, 9.17) is 9.47 Å². The molecule has 0 saturated heterocycles. The summed E-state index contributed by atoms with van der Waals surface area (Å²) in [6.45, 7) is 8.18. The van der Waals surface area contributed by atoms with Crippen LogP contribution in [0, 0.1) is 0 Å². The molecule has 0 amide bonds. The van der Waals surface area contributed by atoms with E-state index < -0.39 is 0 Å². The summed E-state index contributed by atoms with van der Waals surface area (Å²) in [4.78, 5) is 0. The Morgan fingerprint density at radius 2 is 2.30 bits per heavy atom. The molecule has 0 aliphatic rings. The van der Waals surface area contributed by atoms with Crippen molar-refractivity contribution in [3.8, 4) is 0 Å². The topological polar surface area (TPSA) is 18.5 Å². The first kappa shape index (κ1) is 9.50. The van der Waals surface area contributed by atoms with Crippen LogP contribution in [0.3, 0.4) is 0 Å². The summed E-state index contributed by atoms with van der Waals surface area (Å²) in [5.41, 5.74) is 0. The number of ether oxygens (including phenoxy) is 2. The van der Waals surface area contributed by atoms with Gasteiger partial charge in [-0.25, -0.2) is 0 Å². The molecule has 0 aliphatic heterocycles. The van der Waals surface area contributed by atoms with Gasteiger partial charge in [0.15, 0.2) is 6.29 Å². The van der Waals surface area contributed by atoms with Crippen LogP contribution in [0.4, 0.5) is 0 Å². The smallest absolute Gasteiger partial charge is 0.196 e. The van der Waals surface area contributed by atoms with Crippen LogP contribution in [0.2, 0.25) is 0 Å². The van der Waals surface area contributed by atoms with Crippen molar-refractivity contribution >= 4 is 0 Å². The summed E-state index contributed by atoms with van der Waals surface area (Å²) < 4.78 is 10.2. The fourth-order valence-corrected chi connectivity index (χ4v) is 0.568. The van der Waals surface area contributed by atoms with E-state index in [1.54, 1.807) is 0 Å². The SMILES string of the molecule is C=COC(C)OCCCC. The molecule has 1 unspecified atom stereocenters. The Bertz CT molecular complexity index is 81.3. The molecule has 0 aromatic carbocycles. The van der Waals surface area contributed by atoms with Crippen molar-refractivity contribution in [3.63, 3.8) is 0 Å². The minimum atomic E-state index is -0.149. The molecule has 2 nitrogen and oxygen atoms in total. The van der Waals surface area contributed by atoms with E-state index >= 15 is 0 Å². The molecule has 0 fully saturated rings. The van der Waals surface area contributed by atoms with Crippen LogP contribution in [0.25, 0.3) is 0 Å². The third-order valence-corrected chi connectivity index (χ3v) is 1.14. The van der Waals surface area contributed by atoms with Gasteiger partial charge in [-0.3, -0.25) is 0 Å². The lowest BCUT2D eigenvalue weighted by Gasteiger charge is -2.10. The van der Waals surface area contributed by atoms with Crippen molar-refractivity contribution in [2.75, 3.05) is 6.61 Å². The molecule has 60 valence electrons. The minimum absolute atomic E-state index is 0.149. The third-order valence-electron chi connectivity index (χ3n) is 1.14. The molecule has 0 rings (SSSR count).